The van der Waals surface area contributed by atoms with Gasteiger partial charge in [-0.3, -0.25) is 4.79 Å². The SMILES string of the molecule is CCc1ccccc1OC1=COC2CC(OC(=O)c3cc(OC)c(OC)c(OC)c3)CCC2C1=O. The van der Waals surface area contributed by atoms with Gasteiger partial charge in [-0.1, -0.05) is 25.1 Å². The quantitative estimate of drug-likeness (QED) is 0.509. The van der Waals surface area contributed by atoms with E-state index in [2.05, 4.69) is 0 Å². The first-order valence-electron chi connectivity index (χ1n) is 11.7. The van der Waals surface area contributed by atoms with Crippen LogP contribution in [-0.4, -0.2) is 45.3 Å². The number of methoxy groups -OCH3 is 3. The lowest BCUT2D eigenvalue weighted by Gasteiger charge is -2.36. The Bertz CT molecular complexity index is 1100. The van der Waals surface area contributed by atoms with Crippen molar-refractivity contribution in [1.82, 2.24) is 0 Å². The number of carbonyl (C=O) groups is 2. The third-order valence-electron chi connectivity index (χ3n) is 6.42. The van der Waals surface area contributed by atoms with Crippen LogP contribution in [0.25, 0.3) is 0 Å². The number of ketones is 1. The van der Waals surface area contributed by atoms with E-state index in [4.69, 9.17) is 28.4 Å². The van der Waals surface area contributed by atoms with Gasteiger partial charge in [-0.25, -0.2) is 4.79 Å². The second-order valence-corrected chi connectivity index (χ2v) is 8.45. The lowest BCUT2D eigenvalue weighted by Crippen LogP contribution is -2.43. The minimum absolute atomic E-state index is 0.0819. The minimum atomic E-state index is -0.509. The van der Waals surface area contributed by atoms with Crippen molar-refractivity contribution in [2.24, 2.45) is 5.92 Å². The first kappa shape index (κ1) is 24.4. The molecule has 0 radical (unpaired) electrons. The summed E-state index contributed by atoms with van der Waals surface area (Å²) in [4.78, 5) is 26.0. The van der Waals surface area contributed by atoms with Gasteiger partial charge in [-0.05, 0) is 43.0 Å². The van der Waals surface area contributed by atoms with Gasteiger partial charge in [0, 0.05) is 6.42 Å². The van der Waals surface area contributed by atoms with Crippen LogP contribution in [0, 0.1) is 5.92 Å². The number of esters is 1. The molecule has 8 heteroatoms. The van der Waals surface area contributed by atoms with Crippen LogP contribution in [0.1, 0.15) is 42.1 Å². The Hall–Kier alpha value is -3.68. The van der Waals surface area contributed by atoms with Gasteiger partial charge < -0.3 is 28.4 Å². The Kier molecular flexibility index (Phi) is 7.48. The topological polar surface area (TPSA) is 89.5 Å². The zero-order valence-corrected chi connectivity index (χ0v) is 20.4. The predicted octanol–water partition coefficient (Wildman–Crippen LogP) is 4.49. The van der Waals surface area contributed by atoms with Crippen LogP contribution in [0.15, 0.2) is 48.4 Å². The Morgan fingerprint density at radius 1 is 1.00 bits per heavy atom. The van der Waals surface area contributed by atoms with Gasteiger partial charge in [0.1, 0.15) is 24.2 Å². The number of para-hydroxylation sites is 1. The number of hydrogen-bond donors (Lipinski definition) is 0. The van der Waals surface area contributed by atoms with Gasteiger partial charge in [0.15, 0.2) is 11.5 Å². The summed E-state index contributed by atoms with van der Waals surface area (Å²) < 4.78 is 33.5. The molecular formula is C27H30O8. The molecule has 1 aliphatic heterocycles. The largest absolute Gasteiger partial charge is 0.493 e. The van der Waals surface area contributed by atoms with Crippen molar-refractivity contribution in [2.75, 3.05) is 21.3 Å². The number of ether oxygens (including phenoxy) is 6. The molecule has 2 aliphatic rings. The summed E-state index contributed by atoms with van der Waals surface area (Å²) >= 11 is 0. The zero-order valence-electron chi connectivity index (χ0n) is 20.4. The van der Waals surface area contributed by atoms with Gasteiger partial charge in [0.05, 0.1) is 32.8 Å². The van der Waals surface area contributed by atoms with Crippen LogP contribution < -0.4 is 18.9 Å². The fraction of sp³-hybridized carbons (Fsp3) is 0.407. The molecule has 1 heterocycles. The van der Waals surface area contributed by atoms with Gasteiger partial charge in [0.2, 0.25) is 17.3 Å². The smallest absolute Gasteiger partial charge is 0.338 e. The highest BCUT2D eigenvalue weighted by Gasteiger charge is 2.42. The maximum Gasteiger partial charge on any atom is 0.338 e. The monoisotopic (exact) mass is 482 g/mol. The number of benzene rings is 2. The Morgan fingerprint density at radius 3 is 2.37 bits per heavy atom. The number of fused-ring (bicyclic) bond motifs is 1. The van der Waals surface area contributed by atoms with Crippen LogP contribution in [0.4, 0.5) is 0 Å². The van der Waals surface area contributed by atoms with E-state index in [-0.39, 0.29) is 35.2 Å². The van der Waals surface area contributed by atoms with E-state index >= 15 is 0 Å². The van der Waals surface area contributed by atoms with Crippen LogP contribution in [0.5, 0.6) is 23.0 Å². The highest BCUT2D eigenvalue weighted by atomic mass is 16.6. The van der Waals surface area contributed by atoms with Crippen LogP contribution in [0.3, 0.4) is 0 Å². The molecule has 186 valence electrons. The van der Waals surface area contributed by atoms with E-state index in [9.17, 15) is 9.59 Å². The number of rotatable bonds is 8. The molecule has 8 nitrogen and oxygen atoms in total. The number of aryl methyl sites for hydroxylation is 1. The fourth-order valence-corrected chi connectivity index (χ4v) is 4.55. The van der Waals surface area contributed by atoms with Crippen LogP contribution >= 0.6 is 0 Å². The predicted molar refractivity (Wildman–Crippen MR) is 127 cm³/mol. The van der Waals surface area contributed by atoms with Gasteiger partial charge in [-0.2, -0.15) is 0 Å². The highest BCUT2D eigenvalue weighted by molar-refractivity contribution is 5.96. The first-order valence-corrected chi connectivity index (χ1v) is 11.7. The third kappa shape index (κ3) is 5.06. The Morgan fingerprint density at radius 2 is 1.71 bits per heavy atom. The summed E-state index contributed by atoms with van der Waals surface area (Å²) in [5.41, 5.74) is 1.30. The summed E-state index contributed by atoms with van der Waals surface area (Å²) in [6.07, 6.45) is 2.93. The number of hydrogen-bond acceptors (Lipinski definition) is 8. The molecule has 0 amide bonds. The van der Waals surface area contributed by atoms with E-state index in [1.54, 1.807) is 12.1 Å². The molecule has 4 rings (SSSR count). The van der Waals surface area contributed by atoms with Crippen molar-refractivity contribution in [1.29, 1.82) is 0 Å². The normalized spacial score (nSPS) is 21.2. The second-order valence-electron chi connectivity index (χ2n) is 8.45. The van der Waals surface area contributed by atoms with Crippen LogP contribution in [-0.2, 0) is 20.7 Å². The van der Waals surface area contributed by atoms with Gasteiger partial charge in [-0.15, -0.1) is 0 Å². The summed E-state index contributed by atoms with van der Waals surface area (Å²) in [5, 5.41) is 0. The molecule has 0 saturated heterocycles. The maximum atomic E-state index is 13.1. The number of Topliss-reactive ketones (excluding diaryl/α,β-unsaturated/α-hetero) is 1. The third-order valence-corrected chi connectivity index (χ3v) is 6.42. The number of allylic oxidation sites excluding steroid dienone is 1. The lowest BCUT2D eigenvalue weighted by molar-refractivity contribution is -0.132. The summed E-state index contributed by atoms with van der Waals surface area (Å²) in [5.74, 6) is 1.07. The summed E-state index contributed by atoms with van der Waals surface area (Å²) in [6.45, 7) is 2.03. The molecule has 0 N–H and O–H groups in total. The highest BCUT2D eigenvalue weighted by Crippen LogP contribution is 2.39. The molecule has 1 aliphatic carbocycles. The molecular weight excluding hydrogens is 452 g/mol. The van der Waals surface area contributed by atoms with Gasteiger partial charge >= 0.3 is 5.97 Å². The first-order chi connectivity index (χ1) is 17.0. The summed E-state index contributed by atoms with van der Waals surface area (Å²) in [6, 6.07) is 10.7. The average molecular weight is 483 g/mol. The molecule has 0 spiro atoms. The van der Waals surface area contributed by atoms with Gasteiger partial charge in [0.25, 0.3) is 0 Å². The number of carbonyl (C=O) groups excluding carboxylic acids is 2. The fourth-order valence-electron chi connectivity index (χ4n) is 4.55. The Labute approximate surface area is 204 Å². The van der Waals surface area contributed by atoms with Crippen molar-refractivity contribution in [3.8, 4) is 23.0 Å². The second kappa shape index (κ2) is 10.7. The molecule has 2 aromatic carbocycles. The van der Waals surface area contributed by atoms with Crippen molar-refractivity contribution in [2.45, 2.75) is 44.8 Å². The average Bonchev–Trinajstić information content (AvgIpc) is 2.89. The molecule has 35 heavy (non-hydrogen) atoms. The molecule has 3 unspecified atom stereocenters. The molecule has 2 aromatic rings. The molecule has 1 saturated carbocycles. The minimum Gasteiger partial charge on any atom is -0.493 e. The Balaban J connectivity index is 1.42. The standard InChI is InChI=1S/C27H30O8/c1-5-16-8-6-7-9-20(16)35-24-15-33-21-14-18(10-11-19(21)25(24)28)34-27(29)17-12-22(30-2)26(32-4)23(13-17)31-3/h6-9,12-13,15,18-19,21H,5,10-11,14H2,1-4H3. The van der Waals surface area contributed by atoms with Crippen molar-refractivity contribution >= 4 is 11.8 Å². The molecule has 0 aromatic heterocycles. The van der Waals surface area contributed by atoms with E-state index < -0.39 is 5.97 Å². The zero-order chi connectivity index (χ0) is 24.9. The van der Waals surface area contributed by atoms with Crippen molar-refractivity contribution in [3.63, 3.8) is 0 Å². The van der Waals surface area contributed by atoms with E-state index in [0.29, 0.717) is 42.3 Å². The van der Waals surface area contributed by atoms with E-state index in [0.717, 1.165) is 12.0 Å². The van der Waals surface area contributed by atoms with Crippen molar-refractivity contribution < 1.29 is 38.0 Å². The lowest BCUT2D eigenvalue weighted by atomic mass is 9.80. The molecule has 3 atom stereocenters. The summed E-state index contributed by atoms with van der Waals surface area (Å²) in [7, 11) is 4.46. The van der Waals surface area contributed by atoms with Crippen LogP contribution in [0.2, 0.25) is 0 Å². The molecule has 1 fully saturated rings. The van der Waals surface area contributed by atoms with E-state index in [1.807, 2.05) is 31.2 Å². The maximum absolute atomic E-state index is 13.1. The van der Waals surface area contributed by atoms with Crippen molar-refractivity contribution in [3.05, 3.63) is 59.5 Å². The van der Waals surface area contributed by atoms with E-state index in [1.165, 1.54) is 27.6 Å². The molecule has 0 bridgehead atoms.